The number of fused-ring (bicyclic) bond motifs is 1. The Morgan fingerprint density at radius 3 is 2.63 bits per heavy atom. The van der Waals surface area contributed by atoms with Gasteiger partial charge in [0.15, 0.2) is 15.0 Å². The van der Waals surface area contributed by atoms with E-state index in [9.17, 15) is 13.2 Å². The van der Waals surface area contributed by atoms with E-state index in [0.29, 0.717) is 13.0 Å². The molecule has 30 heavy (non-hydrogen) atoms. The Balaban J connectivity index is 1.58. The van der Waals surface area contributed by atoms with Gasteiger partial charge in [-0.25, -0.2) is 13.4 Å². The molecule has 0 bridgehead atoms. The molecule has 1 fully saturated rings. The van der Waals surface area contributed by atoms with E-state index in [1.165, 1.54) is 11.8 Å². The Morgan fingerprint density at radius 2 is 1.93 bits per heavy atom. The van der Waals surface area contributed by atoms with E-state index >= 15 is 0 Å². The summed E-state index contributed by atoms with van der Waals surface area (Å²) in [6.45, 7) is 4.42. The first-order valence-corrected chi connectivity index (χ1v) is 12.6. The third kappa shape index (κ3) is 4.29. The highest BCUT2D eigenvalue weighted by atomic mass is 32.2. The van der Waals surface area contributed by atoms with Crippen LogP contribution in [0.5, 0.6) is 0 Å². The lowest BCUT2D eigenvalue weighted by molar-refractivity contribution is -0.116. The molecule has 3 aromatic rings. The molecule has 2 heterocycles. The third-order valence-corrected chi connectivity index (χ3v) is 7.84. The molecule has 156 valence electrons. The second kappa shape index (κ2) is 8.65. The zero-order chi connectivity index (χ0) is 21.1. The molecule has 1 saturated heterocycles. The van der Waals surface area contributed by atoms with Crippen LogP contribution in [0, 0.1) is 0 Å². The number of anilines is 1. The van der Waals surface area contributed by atoms with Gasteiger partial charge >= 0.3 is 0 Å². The minimum atomic E-state index is -3.11. The number of carbonyl (C=O) groups is 1. The SMILES string of the molecule is C=CCn1c(SCC(=O)N(c2ccccc2)[C@H]2CCS(=O)(=O)C2)nc2ccccc21. The molecule has 0 spiro atoms. The smallest absolute Gasteiger partial charge is 0.237 e. The number of thioether (sulfide) groups is 1. The molecule has 1 aliphatic heterocycles. The first-order chi connectivity index (χ1) is 14.5. The van der Waals surface area contributed by atoms with E-state index in [4.69, 9.17) is 0 Å². The summed E-state index contributed by atoms with van der Waals surface area (Å²) in [7, 11) is -3.11. The molecule has 0 aliphatic carbocycles. The zero-order valence-electron chi connectivity index (χ0n) is 16.5. The summed E-state index contributed by atoms with van der Waals surface area (Å²) in [6, 6.07) is 16.8. The van der Waals surface area contributed by atoms with Gasteiger partial charge in [-0.3, -0.25) is 4.79 Å². The lowest BCUT2D eigenvalue weighted by Gasteiger charge is -2.28. The molecule has 0 N–H and O–H groups in total. The average molecular weight is 442 g/mol. The lowest BCUT2D eigenvalue weighted by atomic mass is 10.2. The van der Waals surface area contributed by atoms with Gasteiger partial charge in [0.1, 0.15) is 0 Å². The summed E-state index contributed by atoms with van der Waals surface area (Å²) in [6.07, 6.45) is 2.27. The molecule has 4 rings (SSSR count). The van der Waals surface area contributed by atoms with E-state index in [-0.39, 0.29) is 29.2 Å². The minimum absolute atomic E-state index is 0.00722. The molecular weight excluding hydrogens is 418 g/mol. The van der Waals surface area contributed by atoms with Crippen LogP contribution in [0.15, 0.2) is 72.4 Å². The van der Waals surface area contributed by atoms with Crippen molar-refractivity contribution < 1.29 is 13.2 Å². The van der Waals surface area contributed by atoms with Gasteiger partial charge in [-0.05, 0) is 30.7 Å². The molecule has 0 radical (unpaired) electrons. The number of amides is 1. The summed E-state index contributed by atoms with van der Waals surface area (Å²) in [5.74, 6) is 0.181. The predicted octanol–water partition coefficient (Wildman–Crippen LogP) is 3.53. The Hall–Kier alpha value is -2.58. The van der Waals surface area contributed by atoms with Gasteiger partial charge < -0.3 is 9.47 Å². The van der Waals surface area contributed by atoms with Crippen LogP contribution in [-0.4, -0.2) is 47.2 Å². The number of para-hydroxylation sites is 3. The van der Waals surface area contributed by atoms with Gasteiger partial charge in [0.2, 0.25) is 5.91 Å². The molecule has 0 saturated carbocycles. The van der Waals surface area contributed by atoms with Gasteiger partial charge in [-0.2, -0.15) is 0 Å². The predicted molar refractivity (Wildman–Crippen MR) is 122 cm³/mol. The van der Waals surface area contributed by atoms with Crippen molar-refractivity contribution in [2.45, 2.75) is 24.2 Å². The highest BCUT2D eigenvalue weighted by molar-refractivity contribution is 7.99. The quantitative estimate of drug-likeness (QED) is 0.414. The lowest BCUT2D eigenvalue weighted by Crippen LogP contribution is -2.42. The molecular formula is C22H23N3O3S2. The van der Waals surface area contributed by atoms with Crippen molar-refractivity contribution in [3.8, 4) is 0 Å². The van der Waals surface area contributed by atoms with Crippen molar-refractivity contribution in [3.63, 3.8) is 0 Å². The van der Waals surface area contributed by atoms with Crippen LogP contribution in [0.3, 0.4) is 0 Å². The largest absolute Gasteiger partial charge is 0.315 e. The maximum Gasteiger partial charge on any atom is 0.237 e. The van der Waals surface area contributed by atoms with E-state index in [1.54, 1.807) is 11.0 Å². The van der Waals surface area contributed by atoms with Crippen LogP contribution in [0.1, 0.15) is 6.42 Å². The maximum absolute atomic E-state index is 13.3. The Labute approximate surface area is 180 Å². The van der Waals surface area contributed by atoms with Crippen LogP contribution >= 0.6 is 11.8 Å². The number of carbonyl (C=O) groups excluding carboxylic acids is 1. The Bertz CT molecular complexity index is 1170. The number of sulfone groups is 1. The van der Waals surface area contributed by atoms with Gasteiger partial charge in [0.05, 0.1) is 34.3 Å². The van der Waals surface area contributed by atoms with E-state index in [2.05, 4.69) is 11.6 Å². The number of hydrogen-bond donors (Lipinski definition) is 0. The van der Waals surface area contributed by atoms with E-state index < -0.39 is 9.84 Å². The van der Waals surface area contributed by atoms with Crippen LogP contribution in [0.2, 0.25) is 0 Å². The molecule has 6 nitrogen and oxygen atoms in total. The second-order valence-electron chi connectivity index (χ2n) is 7.23. The van der Waals surface area contributed by atoms with Crippen LogP contribution < -0.4 is 4.90 Å². The molecule has 1 aromatic heterocycles. The summed E-state index contributed by atoms with van der Waals surface area (Å²) in [5, 5.41) is 0.747. The fourth-order valence-electron chi connectivity index (χ4n) is 3.79. The highest BCUT2D eigenvalue weighted by Crippen LogP contribution is 2.28. The molecule has 1 atom stereocenters. The molecule has 2 aromatic carbocycles. The number of rotatable bonds is 7. The van der Waals surface area contributed by atoms with Crippen LogP contribution in [0.4, 0.5) is 5.69 Å². The summed E-state index contributed by atoms with van der Waals surface area (Å²) in [5.41, 5.74) is 2.59. The minimum Gasteiger partial charge on any atom is -0.315 e. The van der Waals surface area contributed by atoms with E-state index in [0.717, 1.165) is 21.9 Å². The Kier molecular flexibility index (Phi) is 5.97. The number of allylic oxidation sites excluding steroid dienone is 1. The standard InChI is InChI=1S/C22H23N3O3S2/c1-2-13-24-20-11-7-6-10-19(20)23-22(24)29-15-21(26)25(17-8-4-3-5-9-17)18-12-14-30(27,28)16-18/h2-11,18H,1,12-16H2/t18-/m0/s1. The van der Waals surface area contributed by atoms with Crippen molar-refractivity contribution in [2.75, 3.05) is 22.2 Å². The summed E-state index contributed by atoms with van der Waals surface area (Å²) >= 11 is 1.37. The fraction of sp³-hybridized carbons (Fsp3) is 0.273. The first kappa shape index (κ1) is 20.7. The van der Waals surface area contributed by atoms with Crippen molar-refractivity contribution in [2.24, 2.45) is 0 Å². The number of nitrogens with zero attached hydrogens (tertiary/aromatic N) is 3. The van der Waals surface area contributed by atoms with E-state index in [1.807, 2.05) is 59.2 Å². The molecule has 0 unspecified atom stereocenters. The normalized spacial score (nSPS) is 17.8. The number of imidazole rings is 1. The number of benzene rings is 2. The topological polar surface area (TPSA) is 72.3 Å². The van der Waals surface area contributed by atoms with Gasteiger partial charge in [0.25, 0.3) is 0 Å². The highest BCUT2D eigenvalue weighted by Gasteiger charge is 2.35. The van der Waals surface area contributed by atoms with Crippen LogP contribution in [-0.2, 0) is 21.2 Å². The first-order valence-electron chi connectivity index (χ1n) is 9.75. The van der Waals surface area contributed by atoms with Crippen molar-refractivity contribution in [1.82, 2.24) is 9.55 Å². The zero-order valence-corrected chi connectivity index (χ0v) is 18.1. The average Bonchev–Trinajstić information content (AvgIpc) is 3.27. The summed E-state index contributed by atoms with van der Waals surface area (Å²) < 4.78 is 26.1. The summed E-state index contributed by atoms with van der Waals surface area (Å²) in [4.78, 5) is 19.6. The monoisotopic (exact) mass is 441 g/mol. The number of hydrogen-bond acceptors (Lipinski definition) is 5. The van der Waals surface area contributed by atoms with Gasteiger partial charge in [-0.1, -0.05) is 48.2 Å². The molecule has 1 amide bonds. The van der Waals surface area contributed by atoms with Crippen molar-refractivity contribution in [3.05, 3.63) is 67.3 Å². The van der Waals surface area contributed by atoms with Crippen molar-refractivity contribution >= 4 is 44.2 Å². The molecule has 1 aliphatic rings. The van der Waals surface area contributed by atoms with Gasteiger partial charge in [0, 0.05) is 12.2 Å². The van der Waals surface area contributed by atoms with Crippen molar-refractivity contribution in [1.29, 1.82) is 0 Å². The van der Waals surface area contributed by atoms with Gasteiger partial charge in [-0.15, -0.1) is 6.58 Å². The van der Waals surface area contributed by atoms with Crippen LogP contribution in [0.25, 0.3) is 11.0 Å². The third-order valence-electron chi connectivity index (χ3n) is 5.13. The number of aromatic nitrogens is 2. The fourth-order valence-corrected chi connectivity index (χ4v) is 6.37. The maximum atomic E-state index is 13.3. The Morgan fingerprint density at radius 1 is 1.20 bits per heavy atom. The second-order valence-corrected chi connectivity index (χ2v) is 10.4. The molecule has 8 heteroatoms.